The van der Waals surface area contributed by atoms with Crippen molar-refractivity contribution in [2.45, 2.75) is 30.9 Å². The lowest BCUT2D eigenvalue weighted by atomic mass is 9.65. The number of rotatable bonds is 2. The largest absolute Gasteiger partial charge is 0.407 e. The van der Waals surface area contributed by atoms with E-state index in [4.69, 9.17) is 11.5 Å². The Balaban J connectivity index is 2.13. The summed E-state index contributed by atoms with van der Waals surface area (Å²) in [5.74, 6) is 0. The molecule has 1 aliphatic rings. The molecule has 3 rings (SSSR count). The maximum Gasteiger partial charge on any atom is 0.407 e. The average molecular weight is 400 g/mol. The lowest BCUT2D eigenvalue weighted by Crippen LogP contribution is -2.62. The van der Waals surface area contributed by atoms with Gasteiger partial charge in [-0.15, -0.1) is 0 Å². The van der Waals surface area contributed by atoms with Crippen LogP contribution < -0.4 is 11.5 Å². The second-order valence-corrected chi connectivity index (χ2v) is 7.08. The molecule has 0 atom stereocenters. The van der Waals surface area contributed by atoms with Crippen molar-refractivity contribution in [2.24, 2.45) is 16.9 Å². The van der Waals surface area contributed by atoms with Gasteiger partial charge in [-0.3, -0.25) is 0 Å². The Labute approximate surface area is 157 Å². The van der Waals surface area contributed by atoms with Crippen LogP contribution in [0, 0.1) is 5.41 Å². The molecule has 0 amide bonds. The first-order valence-electron chi connectivity index (χ1n) is 8.45. The monoisotopic (exact) mass is 400 g/mol. The Morgan fingerprint density at radius 2 is 1.14 bits per heavy atom. The fourth-order valence-electron chi connectivity index (χ4n) is 3.63. The van der Waals surface area contributed by atoms with Crippen LogP contribution in [0.3, 0.4) is 0 Å². The zero-order chi connectivity index (χ0) is 20.8. The molecule has 0 saturated heterocycles. The Morgan fingerprint density at radius 3 is 1.64 bits per heavy atom. The van der Waals surface area contributed by atoms with E-state index in [-0.39, 0.29) is 12.0 Å². The van der Waals surface area contributed by atoms with E-state index in [9.17, 15) is 26.3 Å². The minimum absolute atomic E-state index is 0.162. The molecule has 150 valence electrons. The number of nitrogens with two attached hydrogens (primary N) is 2. The van der Waals surface area contributed by atoms with E-state index in [1.54, 1.807) is 30.3 Å². The number of halogens is 6. The first-order chi connectivity index (χ1) is 12.9. The van der Waals surface area contributed by atoms with Crippen LogP contribution in [-0.2, 0) is 0 Å². The third kappa shape index (κ3) is 3.42. The molecule has 0 bridgehead atoms. The highest BCUT2D eigenvalue weighted by atomic mass is 19.4. The van der Waals surface area contributed by atoms with E-state index >= 15 is 0 Å². The molecular weight excluding hydrogens is 382 g/mol. The molecule has 2 aromatic rings. The van der Waals surface area contributed by atoms with Crippen LogP contribution in [0.5, 0.6) is 0 Å². The molecule has 0 saturated carbocycles. The van der Waals surface area contributed by atoms with Gasteiger partial charge in [0.15, 0.2) is 5.41 Å². The maximum atomic E-state index is 13.8. The molecule has 28 heavy (non-hydrogen) atoms. The molecule has 2 aromatic carbocycles. The normalized spacial score (nSPS) is 19.2. The van der Waals surface area contributed by atoms with E-state index in [0.717, 1.165) is 11.6 Å². The molecule has 0 unspecified atom stereocenters. The fourth-order valence-corrected chi connectivity index (χ4v) is 3.63. The van der Waals surface area contributed by atoms with Crippen molar-refractivity contribution in [3.05, 3.63) is 66.2 Å². The van der Waals surface area contributed by atoms with Crippen molar-refractivity contribution < 1.29 is 26.3 Å². The second kappa shape index (κ2) is 6.63. The van der Waals surface area contributed by atoms with Gasteiger partial charge in [-0.2, -0.15) is 26.3 Å². The summed E-state index contributed by atoms with van der Waals surface area (Å²) in [5.41, 5.74) is 5.25. The number of allylic oxidation sites excluding steroid dienone is 1. The second-order valence-electron chi connectivity index (χ2n) is 7.08. The van der Waals surface area contributed by atoms with Crippen LogP contribution >= 0.6 is 0 Å². The summed E-state index contributed by atoms with van der Waals surface area (Å²) >= 11 is 0. The number of hydrogen-bond acceptors (Lipinski definition) is 2. The summed E-state index contributed by atoms with van der Waals surface area (Å²) < 4.78 is 83.1. The van der Waals surface area contributed by atoms with Gasteiger partial charge in [-0.05, 0) is 28.7 Å². The van der Waals surface area contributed by atoms with E-state index in [1.165, 1.54) is 24.3 Å². The van der Waals surface area contributed by atoms with E-state index in [0.29, 0.717) is 5.56 Å². The number of hydrogen-bond donors (Lipinski definition) is 2. The molecule has 4 N–H and O–H groups in total. The molecule has 2 nitrogen and oxygen atoms in total. The molecule has 1 aliphatic carbocycles. The molecule has 8 heteroatoms. The fraction of sp³-hybridized carbons (Fsp3) is 0.300. The summed E-state index contributed by atoms with van der Waals surface area (Å²) in [6, 6.07) is 14.5. The topological polar surface area (TPSA) is 52.0 Å². The van der Waals surface area contributed by atoms with Gasteiger partial charge >= 0.3 is 12.4 Å². The minimum Gasteiger partial charge on any atom is -0.313 e. The lowest BCUT2D eigenvalue weighted by Gasteiger charge is -2.46. The highest BCUT2D eigenvalue weighted by Crippen LogP contribution is 2.62. The van der Waals surface area contributed by atoms with Crippen LogP contribution in [0.2, 0.25) is 0 Å². The van der Waals surface area contributed by atoms with Gasteiger partial charge in [0.2, 0.25) is 0 Å². The van der Waals surface area contributed by atoms with Crippen LogP contribution in [0.4, 0.5) is 26.3 Å². The first kappa shape index (κ1) is 20.4. The van der Waals surface area contributed by atoms with E-state index < -0.39 is 35.4 Å². The Hall–Kier alpha value is -2.32. The molecule has 0 heterocycles. The van der Waals surface area contributed by atoms with Crippen LogP contribution in [0.1, 0.15) is 18.4 Å². The number of alkyl halides is 6. The van der Waals surface area contributed by atoms with Crippen LogP contribution in [0.15, 0.2) is 60.7 Å². The average Bonchev–Trinajstić information content (AvgIpc) is 2.60. The molecular formula is C20H18F6N2. The van der Waals surface area contributed by atoms with Crippen molar-refractivity contribution in [3.63, 3.8) is 0 Å². The van der Waals surface area contributed by atoms with Crippen molar-refractivity contribution in [1.82, 2.24) is 0 Å². The van der Waals surface area contributed by atoms with Gasteiger partial charge < -0.3 is 11.5 Å². The van der Waals surface area contributed by atoms with Crippen LogP contribution in [-0.4, -0.2) is 18.0 Å². The van der Waals surface area contributed by atoms with Gasteiger partial charge in [0.05, 0.1) is 5.66 Å². The van der Waals surface area contributed by atoms with E-state index in [1.807, 2.05) is 0 Å². The SMILES string of the molecule is NC1(N)CC=C(c2ccc(-c3ccccc3)cc2)C(C(F)(F)F)(C(F)(F)F)C1. The zero-order valence-electron chi connectivity index (χ0n) is 14.6. The minimum atomic E-state index is -5.61. The van der Waals surface area contributed by atoms with Crippen molar-refractivity contribution in [1.29, 1.82) is 0 Å². The molecule has 0 fully saturated rings. The Morgan fingerprint density at radius 1 is 0.679 bits per heavy atom. The lowest BCUT2D eigenvalue weighted by molar-refractivity contribution is -0.323. The van der Waals surface area contributed by atoms with Gasteiger partial charge in [0, 0.05) is 6.42 Å². The molecule has 0 radical (unpaired) electrons. The third-order valence-electron chi connectivity index (χ3n) is 5.01. The maximum absolute atomic E-state index is 13.8. The number of benzene rings is 2. The van der Waals surface area contributed by atoms with Crippen molar-refractivity contribution >= 4 is 5.57 Å². The summed E-state index contributed by atoms with van der Waals surface area (Å²) in [5, 5.41) is 0. The predicted molar refractivity (Wildman–Crippen MR) is 94.7 cm³/mol. The van der Waals surface area contributed by atoms with Gasteiger partial charge in [0.25, 0.3) is 0 Å². The van der Waals surface area contributed by atoms with E-state index in [2.05, 4.69) is 0 Å². The van der Waals surface area contributed by atoms with Crippen LogP contribution in [0.25, 0.3) is 16.7 Å². The Kier molecular flexibility index (Phi) is 4.84. The van der Waals surface area contributed by atoms with Crippen molar-refractivity contribution in [2.75, 3.05) is 0 Å². The summed E-state index contributed by atoms with van der Waals surface area (Å²) in [6.07, 6.45) is -12.1. The highest BCUT2D eigenvalue weighted by Gasteiger charge is 2.74. The van der Waals surface area contributed by atoms with Gasteiger partial charge in [-0.1, -0.05) is 60.7 Å². The van der Waals surface area contributed by atoms with Gasteiger partial charge in [0.1, 0.15) is 0 Å². The standard InChI is InChI=1S/C20H18F6N2/c21-19(22,23)18(20(24,25)26)12-17(27,28)11-10-16(18)15-8-6-14(7-9-15)13-4-2-1-3-5-13/h1-10H,11-12,27-28H2. The zero-order valence-corrected chi connectivity index (χ0v) is 14.6. The summed E-state index contributed by atoms with van der Waals surface area (Å²) in [7, 11) is 0. The van der Waals surface area contributed by atoms with Gasteiger partial charge in [-0.25, -0.2) is 0 Å². The smallest absolute Gasteiger partial charge is 0.313 e. The quantitative estimate of drug-likeness (QED) is 0.534. The summed E-state index contributed by atoms with van der Waals surface area (Å²) in [6.45, 7) is 0. The Bertz CT molecular complexity index is 850. The summed E-state index contributed by atoms with van der Waals surface area (Å²) in [4.78, 5) is 0. The molecule has 0 spiro atoms. The predicted octanol–water partition coefficient (Wildman–Crippen LogP) is 5.26. The van der Waals surface area contributed by atoms with Crippen molar-refractivity contribution in [3.8, 4) is 11.1 Å². The third-order valence-corrected chi connectivity index (χ3v) is 5.01. The highest BCUT2D eigenvalue weighted by molar-refractivity contribution is 5.75. The molecule has 0 aliphatic heterocycles. The molecule has 0 aromatic heterocycles. The first-order valence-corrected chi connectivity index (χ1v) is 8.45.